The number of fused-ring (bicyclic) bond motifs is 1. The number of nitrogens with two attached hydrogens (primary N) is 1. The van der Waals surface area contributed by atoms with Crippen molar-refractivity contribution in [3.05, 3.63) is 47.8 Å². The fraction of sp³-hybridized carbons (Fsp3) is 0.0769. The molecule has 3 aromatic rings. The van der Waals surface area contributed by atoms with E-state index in [9.17, 15) is 4.39 Å². The van der Waals surface area contributed by atoms with Crippen LogP contribution in [0.25, 0.3) is 11.0 Å². The Hall–Kier alpha value is -2.63. The van der Waals surface area contributed by atoms with Crippen LogP contribution < -0.4 is 11.1 Å². The molecule has 3 rings (SSSR count). The quantitative estimate of drug-likeness (QED) is 0.706. The highest BCUT2D eigenvalue weighted by Crippen LogP contribution is 2.25. The monoisotopic (exact) mass is 258 g/mol. The number of aromatic nitrogens is 2. The molecule has 96 valence electrons. The SMILES string of the molecule is Nc1ccc(NCc2ccccc2F)c2nonc12. The topological polar surface area (TPSA) is 77.0 Å². The number of hydrogen-bond acceptors (Lipinski definition) is 5. The van der Waals surface area contributed by atoms with Crippen molar-refractivity contribution in [2.75, 3.05) is 11.1 Å². The third-order valence-corrected chi connectivity index (χ3v) is 2.87. The molecule has 3 N–H and O–H groups in total. The van der Waals surface area contributed by atoms with Gasteiger partial charge in [0.15, 0.2) is 11.0 Å². The smallest absolute Gasteiger partial charge is 0.160 e. The normalized spacial score (nSPS) is 10.8. The minimum absolute atomic E-state index is 0.250. The average molecular weight is 258 g/mol. The van der Waals surface area contributed by atoms with Gasteiger partial charge in [-0.25, -0.2) is 9.02 Å². The van der Waals surface area contributed by atoms with E-state index in [2.05, 4.69) is 20.3 Å². The molecule has 1 aromatic heterocycles. The third-order valence-electron chi connectivity index (χ3n) is 2.87. The van der Waals surface area contributed by atoms with Crippen molar-refractivity contribution in [2.45, 2.75) is 6.54 Å². The van der Waals surface area contributed by atoms with Crippen LogP contribution in [0.2, 0.25) is 0 Å². The van der Waals surface area contributed by atoms with Gasteiger partial charge < -0.3 is 11.1 Å². The van der Waals surface area contributed by atoms with Gasteiger partial charge in [-0.05, 0) is 28.5 Å². The molecule has 0 aliphatic carbocycles. The van der Waals surface area contributed by atoms with Crippen LogP contribution in [0.1, 0.15) is 5.56 Å². The van der Waals surface area contributed by atoms with Crippen LogP contribution in [0.4, 0.5) is 15.8 Å². The standard InChI is InChI=1S/C13H11FN4O/c14-9-4-2-1-3-8(9)7-16-11-6-5-10(15)12-13(11)18-19-17-12/h1-6,16H,7,15H2. The van der Waals surface area contributed by atoms with E-state index < -0.39 is 0 Å². The number of nitrogens with zero attached hydrogens (tertiary/aromatic N) is 2. The van der Waals surface area contributed by atoms with Gasteiger partial charge in [0.25, 0.3) is 0 Å². The molecule has 19 heavy (non-hydrogen) atoms. The second-order valence-corrected chi connectivity index (χ2v) is 4.11. The number of halogens is 1. The summed E-state index contributed by atoms with van der Waals surface area (Å²) in [6.07, 6.45) is 0. The first-order chi connectivity index (χ1) is 9.25. The van der Waals surface area contributed by atoms with Gasteiger partial charge in [-0.1, -0.05) is 18.2 Å². The molecule has 0 spiro atoms. The van der Waals surface area contributed by atoms with Crippen LogP contribution in [0.15, 0.2) is 41.0 Å². The Kier molecular flexibility index (Phi) is 2.75. The predicted octanol–water partition coefficient (Wildman–Crippen LogP) is 2.56. The minimum atomic E-state index is -0.250. The van der Waals surface area contributed by atoms with Crippen molar-refractivity contribution >= 4 is 22.4 Å². The first-order valence-corrected chi connectivity index (χ1v) is 5.74. The Morgan fingerprint density at radius 3 is 2.74 bits per heavy atom. The van der Waals surface area contributed by atoms with Crippen LogP contribution in [0.5, 0.6) is 0 Å². The first kappa shape index (κ1) is 11.5. The second-order valence-electron chi connectivity index (χ2n) is 4.11. The minimum Gasteiger partial charge on any atom is -0.397 e. The lowest BCUT2D eigenvalue weighted by molar-refractivity contribution is 0.316. The lowest BCUT2D eigenvalue weighted by atomic mass is 10.2. The van der Waals surface area contributed by atoms with E-state index in [0.717, 1.165) is 0 Å². The summed E-state index contributed by atoms with van der Waals surface area (Å²) in [5.74, 6) is -0.250. The highest BCUT2D eigenvalue weighted by Gasteiger charge is 2.10. The van der Waals surface area contributed by atoms with Gasteiger partial charge in [-0.2, -0.15) is 0 Å². The first-order valence-electron chi connectivity index (χ1n) is 5.74. The highest BCUT2D eigenvalue weighted by atomic mass is 19.1. The maximum atomic E-state index is 13.5. The van der Waals surface area contributed by atoms with Gasteiger partial charge in [-0.15, -0.1) is 0 Å². The van der Waals surface area contributed by atoms with E-state index >= 15 is 0 Å². The summed E-state index contributed by atoms with van der Waals surface area (Å²) in [5, 5.41) is 10.6. The molecule has 0 radical (unpaired) electrons. The Morgan fingerprint density at radius 1 is 1.11 bits per heavy atom. The summed E-state index contributed by atoms with van der Waals surface area (Å²) < 4.78 is 18.2. The lowest BCUT2D eigenvalue weighted by Gasteiger charge is -2.07. The van der Waals surface area contributed by atoms with Gasteiger partial charge in [0, 0.05) is 12.1 Å². The van der Waals surface area contributed by atoms with Crippen molar-refractivity contribution in [3.63, 3.8) is 0 Å². The Bertz CT molecular complexity index is 725. The number of nitrogens with one attached hydrogen (secondary N) is 1. The molecule has 0 aliphatic rings. The second kappa shape index (κ2) is 4.56. The molecule has 0 saturated heterocycles. The van der Waals surface area contributed by atoms with E-state index in [1.807, 2.05) is 0 Å². The molecule has 0 bridgehead atoms. The van der Waals surface area contributed by atoms with Crippen LogP contribution in [0.3, 0.4) is 0 Å². The number of benzene rings is 2. The predicted molar refractivity (Wildman–Crippen MR) is 69.9 cm³/mol. The van der Waals surface area contributed by atoms with Crippen molar-refractivity contribution in [1.82, 2.24) is 10.3 Å². The molecule has 0 amide bonds. The fourth-order valence-electron chi connectivity index (χ4n) is 1.86. The van der Waals surface area contributed by atoms with Crippen LogP contribution >= 0.6 is 0 Å². The Balaban J connectivity index is 1.88. The van der Waals surface area contributed by atoms with E-state index in [0.29, 0.717) is 34.5 Å². The average Bonchev–Trinajstić information content (AvgIpc) is 2.90. The molecular formula is C13H11FN4O. The van der Waals surface area contributed by atoms with E-state index in [4.69, 9.17) is 5.73 Å². The summed E-state index contributed by atoms with van der Waals surface area (Å²) in [7, 11) is 0. The third kappa shape index (κ3) is 2.08. The maximum absolute atomic E-state index is 13.5. The van der Waals surface area contributed by atoms with E-state index in [1.54, 1.807) is 30.3 Å². The number of hydrogen-bond donors (Lipinski definition) is 2. The number of rotatable bonds is 3. The van der Waals surface area contributed by atoms with Crippen LogP contribution in [-0.2, 0) is 6.54 Å². The largest absolute Gasteiger partial charge is 0.397 e. The van der Waals surface area contributed by atoms with E-state index in [1.165, 1.54) is 6.07 Å². The molecule has 1 heterocycles. The molecule has 2 aromatic carbocycles. The van der Waals surface area contributed by atoms with Crippen molar-refractivity contribution in [2.24, 2.45) is 0 Å². The van der Waals surface area contributed by atoms with Crippen LogP contribution in [-0.4, -0.2) is 10.3 Å². The molecule has 6 heteroatoms. The zero-order valence-corrected chi connectivity index (χ0v) is 9.93. The van der Waals surface area contributed by atoms with Crippen LogP contribution in [0, 0.1) is 5.82 Å². The summed E-state index contributed by atoms with van der Waals surface area (Å²) in [5.41, 5.74) is 8.56. The molecule has 0 atom stereocenters. The van der Waals surface area contributed by atoms with E-state index in [-0.39, 0.29) is 5.82 Å². The zero-order valence-electron chi connectivity index (χ0n) is 9.93. The van der Waals surface area contributed by atoms with Crippen molar-refractivity contribution in [3.8, 4) is 0 Å². The van der Waals surface area contributed by atoms with Gasteiger partial charge in [0.2, 0.25) is 0 Å². The molecule has 0 saturated carbocycles. The summed E-state index contributed by atoms with van der Waals surface area (Å²) in [6.45, 7) is 0.346. The molecule has 5 nitrogen and oxygen atoms in total. The Labute approximate surface area is 108 Å². The summed E-state index contributed by atoms with van der Waals surface area (Å²) >= 11 is 0. The van der Waals surface area contributed by atoms with Gasteiger partial charge in [0.05, 0.1) is 11.4 Å². The molecular weight excluding hydrogens is 247 g/mol. The molecule has 0 fully saturated rings. The lowest BCUT2D eigenvalue weighted by Crippen LogP contribution is -2.02. The number of anilines is 2. The van der Waals surface area contributed by atoms with Crippen molar-refractivity contribution in [1.29, 1.82) is 0 Å². The van der Waals surface area contributed by atoms with Gasteiger partial charge in [-0.3, -0.25) is 0 Å². The number of nitrogen functional groups attached to an aromatic ring is 1. The maximum Gasteiger partial charge on any atom is 0.160 e. The van der Waals surface area contributed by atoms with Gasteiger partial charge in [0.1, 0.15) is 5.82 Å². The Morgan fingerprint density at radius 2 is 1.89 bits per heavy atom. The molecule has 0 aliphatic heterocycles. The highest BCUT2D eigenvalue weighted by molar-refractivity contribution is 5.94. The van der Waals surface area contributed by atoms with Crippen molar-refractivity contribution < 1.29 is 9.02 Å². The van der Waals surface area contributed by atoms with Gasteiger partial charge >= 0.3 is 0 Å². The zero-order chi connectivity index (χ0) is 13.2. The fourth-order valence-corrected chi connectivity index (χ4v) is 1.86. The summed E-state index contributed by atoms with van der Waals surface area (Å²) in [6, 6.07) is 10.1. The molecule has 0 unspecified atom stereocenters. The summed E-state index contributed by atoms with van der Waals surface area (Å²) in [4.78, 5) is 0.